The first-order valence-electron chi connectivity index (χ1n) is 7.51. The number of hydrogen-bond donors (Lipinski definition) is 1. The molecule has 0 aliphatic rings. The normalized spacial score (nSPS) is 11.1. The van der Waals surface area contributed by atoms with Gasteiger partial charge in [-0.1, -0.05) is 34.9 Å². The highest BCUT2D eigenvalue weighted by Crippen LogP contribution is 2.16. The maximum Gasteiger partial charge on any atom is 0.322 e. The molecule has 0 radical (unpaired) electrons. The van der Waals surface area contributed by atoms with E-state index in [1.165, 1.54) is 17.2 Å². The van der Waals surface area contributed by atoms with Crippen molar-refractivity contribution in [3.8, 4) is 0 Å². The summed E-state index contributed by atoms with van der Waals surface area (Å²) in [6.45, 7) is 4.11. The monoisotopic (exact) mass is 339 g/mol. The lowest BCUT2D eigenvalue weighted by molar-refractivity contribution is -0.112. The maximum atomic E-state index is 11.8. The Morgan fingerprint density at radius 3 is 2.92 bits per heavy atom. The summed E-state index contributed by atoms with van der Waals surface area (Å²) in [6, 6.07) is 10.2. The number of carbonyl (C=O) groups is 1. The van der Waals surface area contributed by atoms with Gasteiger partial charge >= 0.3 is 6.01 Å². The predicted octanol–water partition coefficient (Wildman–Crippen LogP) is 3.99. The molecule has 0 fully saturated rings. The van der Waals surface area contributed by atoms with E-state index in [0.29, 0.717) is 12.3 Å². The summed E-state index contributed by atoms with van der Waals surface area (Å²) >= 11 is 1.56. The standard InChI is InChI=1S/C18H17N3O2S/c1-12-5-6-14(13(2)10-12)11-17-20-21-18(23-17)19-16(22)8-7-15-4-3-9-24-15/h3-10H,11H2,1-2H3,(H,19,21,22). The third-order valence-corrected chi connectivity index (χ3v) is 4.32. The van der Waals surface area contributed by atoms with Crippen molar-refractivity contribution in [3.63, 3.8) is 0 Å². The number of rotatable bonds is 5. The van der Waals surface area contributed by atoms with Gasteiger partial charge in [0.05, 0.1) is 6.42 Å². The summed E-state index contributed by atoms with van der Waals surface area (Å²) < 4.78 is 5.50. The first-order valence-corrected chi connectivity index (χ1v) is 8.39. The van der Waals surface area contributed by atoms with Crippen LogP contribution in [0.3, 0.4) is 0 Å². The van der Waals surface area contributed by atoms with Crippen molar-refractivity contribution in [1.29, 1.82) is 0 Å². The number of aromatic nitrogens is 2. The molecule has 0 saturated heterocycles. The van der Waals surface area contributed by atoms with E-state index in [4.69, 9.17) is 4.42 Å². The van der Waals surface area contributed by atoms with Gasteiger partial charge in [0, 0.05) is 11.0 Å². The molecular weight excluding hydrogens is 322 g/mol. The van der Waals surface area contributed by atoms with Crippen LogP contribution in [0.15, 0.2) is 46.2 Å². The van der Waals surface area contributed by atoms with Gasteiger partial charge in [-0.05, 0) is 42.5 Å². The van der Waals surface area contributed by atoms with Gasteiger partial charge < -0.3 is 4.42 Å². The summed E-state index contributed by atoms with van der Waals surface area (Å²) in [7, 11) is 0. The fourth-order valence-corrected chi connectivity index (χ4v) is 2.89. The van der Waals surface area contributed by atoms with Gasteiger partial charge in [-0.25, -0.2) is 0 Å². The molecule has 0 unspecified atom stereocenters. The van der Waals surface area contributed by atoms with Crippen LogP contribution in [-0.2, 0) is 11.2 Å². The number of thiophene rings is 1. The number of nitrogens with one attached hydrogen (secondary N) is 1. The van der Waals surface area contributed by atoms with E-state index in [1.807, 2.05) is 17.5 Å². The highest BCUT2D eigenvalue weighted by Gasteiger charge is 2.10. The van der Waals surface area contributed by atoms with Crippen LogP contribution < -0.4 is 5.32 Å². The average molecular weight is 339 g/mol. The van der Waals surface area contributed by atoms with Crippen molar-refractivity contribution in [2.75, 3.05) is 5.32 Å². The molecule has 0 aliphatic carbocycles. The summed E-state index contributed by atoms with van der Waals surface area (Å²) in [6.07, 6.45) is 3.73. The van der Waals surface area contributed by atoms with E-state index in [1.54, 1.807) is 17.4 Å². The lowest BCUT2D eigenvalue weighted by Crippen LogP contribution is -2.07. The molecule has 0 aliphatic heterocycles. The molecule has 1 amide bonds. The molecular formula is C18H17N3O2S. The van der Waals surface area contributed by atoms with Gasteiger partial charge in [0.1, 0.15) is 0 Å². The predicted molar refractivity (Wildman–Crippen MR) is 95.0 cm³/mol. The Morgan fingerprint density at radius 1 is 1.29 bits per heavy atom. The van der Waals surface area contributed by atoms with Crippen LogP contribution in [0.4, 0.5) is 6.01 Å². The topological polar surface area (TPSA) is 68.0 Å². The van der Waals surface area contributed by atoms with Crippen molar-refractivity contribution >= 4 is 29.3 Å². The molecule has 0 atom stereocenters. The van der Waals surface area contributed by atoms with Crippen molar-refractivity contribution in [2.24, 2.45) is 0 Å². The zero-order valence-corrected chi connectivity index (χ0v) is 14.3. The van der Waals surface area contributed by atoms with Crippen molar-refractivity contribution in [3.05, 3.63) is 69.2 Å². The summed E-state index contributed by atoms with van der Waals surface area (Å²) in [5.41, 5.74) is 3.52. The van der Waals surface area contributed by atoms with E-state index < -0.39 is 0 Å². The molecule has 3 aromatic rings. The van der Waals surface area contributed by atoms with Crippen LogP contribution in [0.1, 0.15) is 27.5 Å². The first-order chi connectivity index (χ1) is 11.6. The van der Waals surface area contributed by atoms with Crippen LogP contribution in [0.5, 0.6) is 0 Å². The summed E-state index contributed by atoms with van der Waals surface area (Å²) in [5, 5.41) is 12.4. The number of anilines is 1. The second-order valence-corrected chi connectivity index (χ2v) is 6.42. The summed E-state index contributed by atoms with van der Waals surface area (Å²) in [4.78, 5) is 12.9. The number of aryl methyl sites for hydroxylation is 2. The van der Waals surface area contributed by atoms with Crippen molar-refractivity contribution in [2.45, 2.75) is 20.3 Å². The number of hydrogen-bond acceptors (Lipinski definition) is 5. The largest absolute Gasteiger partial charge is 0.407 e. The minimum absolute atomic E-state index is 0.107. The van der Waals surface area contributed by atoms with Gasteiger partial charge in [-0.3, -0.25) is 10.1 Å². The Balaban J connectivity index is 1.62. The van der Waals surface area contributed by atoms with Crippen LogP contribution in [0.25, 0.3) is 6.08 Å². The maximum absolute atomic E-state index is 11.8. The average Bonchev–Trinajstić information content (AvgIpc) is 3.20. The minimum Gasteiger partial charge on any atom is -0.407 e. The van der Waals surface area contributed by atoms with E-state index in [0.717, 1.165) is 10.4 Å². The van der Waals surface area contributed by atoms with Gasteiger partial charge in [0.25, 0.3) is 5.91 Å². The number of carbonyl (C=O) groups excluding carboxylic acids is 1. The van der Waals surface area contributed by atoms with Crippen LogP contribution >= 0.6 is 11.3 Å². The molecule has 0 bridgehead atoms. The fourth-order valence-electron chi connectivity index (χ4n) is 2.27. The lowest BCUT2D eigenvalue weighted by atomic mass is 10.0. The Morgan fingerprint density at radius 2 is 2.17 bits per heavy atom. The second kappa shape index (κ2) is 7.23. The number of benzene rings is 1. The van der Waals surface area contributed by atoms with E-state index in [2.05, 4.69) is 47.6 Å². The Hall–Kier alpha value is -2.73. The molecule has 6 heteroatoms. The Kier molecular flexibility index (Phi) is 4.86. The highest BCUT2D eigenvalue weighted by molar-refractivity contribution is 7.10. The highest BCUT2D eigenvalue weighted by atomic mass is 32.1. The molecule has 2 heterocycles. The summed E-state index contributed by atoms with van der Waals surface area (Å²) in [5.74, 6) is 0.171. The minimum atomic E-state index is -0.301. The molecule has 2 aromatic heterocycles. The van der Waals surface area contributed by atoms with Crippen LogP contribution in [-0.4, -0.2) is 16.1 Å². The molecule has 3 rings (SSSR count). The van der Waals surface area contributed by atoms with Crippen LogP contribution in [0.2, 0.25) is 0 Å². The third-order valence-electron chi connectivity index (χ3n) is 3.48. The first kappa shape index (κ1) is 16.1. The molecule has 1 N–H and O–H groups in total. The van der Waals surface area contributed by atoms with E-state index in [9.17, 15) is 4.79 Å². The molecule has 24 heavy (non-hydrogen) atoms. The second-order valence-electron chi connectivity index (χ2n) is 5.45. The van der Waals surface area contributed by atoms with Crippen molar-refractivity contribution in [1.82, 2.24) is 10.2 Å². The Bertz CT molecular complexity index is 866. The van der Waals surface area contributed by atoms with Gasteiger partial charge in [-0.15, -0.1) is 16.4 Å². The van der Waals surface area contributed by atoms with Crippen LogP contribution in [0, 0.1) is 13.8 Å². The molecule has 0 saturated carbocycles. The SMILES string of the molecule is Cc1ccc(Cc2nnc(NC(=O)C=Cc3cccs3)o2)c(C)c1. The fraction of sp³-hybridized carbons (Fsp3) is 0.167. The quantitative estimate of drug-likeness (QED) is 0.714. The van der Waals surface area contributed by atoms with Gasteiger partial charge in [0.2, 0.25) is 5.89 Å². The molecule has 122 valence electrons. The van der Waals surface area contributed by atoms with E-state index in [-0.39, 0.29) is 11.9 Å². The zero-order valence-electron chi connectivity index (χ0n) is 13.4. The molecule has 5 nitrogen and oxygen atoms in total. The zero-order chi connectivity index (χ0) is 16.9. The smallest absolute Gasteiger partial charge is 0.322 e. The number of amides is 1. The Labute approximate surface area is 144 Å². The van der Waals surface area contributed by atoms with E-state index >= 15 is 0 Å². The lowest BCUT2D eigenvalue weighted by Gasteiger charge is -2.03. The number of nitrogens with zero attached hydrogens (tertiary/aromatic N) is 2. The van der Waals surface area contributed by atoms with Gasteiger partial charge in [-0.2, -0.15) is 0 Å². The van der Waals surface area contributed by atoms with Gasteiger partial charge in [0.15, 0.2) is 0 Å². The molecule has 1 aromatic carbocycles. The third kappa shape index (κ3) is 4.17. The molecule has 0 spiro atoms. The van der Waals surface area contributed by atoms with Crippen molar-refractivity contribution < 1.29 is 9.21 Å².